The Hall–Kier alpha value is -3.54. The van der Waals surface area contributed by atoms with Gasteiger partial charge < -0.3 is 4.74 Å². The molecule has 6 nitrogen and oxygen atoms in total. The first-order chi connectivity index (χ1) is 12.7. The highest BCUT2D eigenvalue weighted by atomic mass is 16.5. The van der Waals surface area contributed by atoms with E-state index in [4.69, 9.17) is 4.74 Å². The first-order valence-corrected chi connectivity index (χ1v) is 8.13. The monoisotopic (exact) mass is 344 g/mol. The number of fused-ring (bicyclic) bond motifs is 1. The summed E-state index contributed by atoms with van der Waals surface area (Å²) in [5, 5.41) is 0.572. The summed E-state index contributed by atoms with van der Waals surface area (Å²) in [5.41, 5.74) is 3.65. The molecule has 0 fully saturated rings. The van der Waals surface area contributed by atoms with Gasteiger partial charge in [0.15, 0.2) is 0 Å². The second-order valence-corrected chi connectivity index (χ2v) is 5.85. The average Bonchev–Trinajstić information content (AvgIpc) is 2.71. The van der Waals surface area contributed by atoms with Gasteiger partial charge >= 0.3 is 0 Å². The number of hydrogen-bond donors (Lipinski definition) is 0. The Morgan fingerprint density at radius 3 is 2.65 bits per heavy atom. The van der Waals surface area contributed by atoms with Crippen LogP contribution in [0.4, 0.5) is 0 Å². The van der Waals surface area contributed by atoms with Crippen molar-refractivity contribution < 1.29 is 4.74 Å². The van der Waals surface area contributed by atoms with Gasteiger partial charge in [0.25, 0.3) is 5.56 Å². The molecule has 26 heavy (non-hydrogen) atoms. The lowest BCUT2D eigenvalue weighted by molar-refractivity contribution is 0.398. The minimum Gasteiger partial charge on any atom is -0.481 e. The molecule has 3 heterocycles. The molecule has 0 N–H and O–H groups in total. The first-order valence-electron chi connectivity index (χ1n) is 8.13. The van der Waals surface area contributed by atoms with Crippen molar-refractivity contribution in [3.8, 4) is 17.0 Å². The van der Waals surface area contributed by atoms with Gasteiger partial charge in [0.05, 0.1) is 37.1 Å². The Morgan fingerprint density at radius 1 is 1.00 bits per heavy atom. The van der Waals surface area contributed by atoms with E-state index in [1.807, 2.05) is 36.4 Å². The highest BCUT2D eigenvalue weighted by molar-refractivity contribution is 5.75. The molecule has 0 aliphatic heterocycles. The van der Waals surface area contributed by atoms with Gasteiger partial charge in [-0.3, -0.25) is 14.3 Å². The van der Waals surface area contributed by atoms with Crippen molar-refractivity contribution in [1.29, 1.82) is 0 Å². The van der Waals surface area contributed by atoms with Crippen LogP contribution >= 0.6 is 0 Å². The maximum absolute atomic E-state index is 12.6. The maximum atomic E-state index is 12.6. The standard InChI is InChI=1S/C20H16N4O2/c1-26-19-10-16(6-9-22-19)15-4-2-14(3-5-15)12-24-13-23-18-11-21-8-7-17(18)20(24)25/h2-11,13H,12H2,1H3. The number of rotatable bonds is 4. The van der Waals surface area contributed by atoms with E-state index in [1.165, 1.54) is 0 Å². The van der Waals surface area contributed by atoms with Crippen LogP contribution in [0.25, 0.3) is 22.0 Å². The lowest BCUT2D eigenvalue weighted by atomic mass is 10.0. The molecule has 4 aromatic rings. The van der Waals surface area contributed by atoms with Gasteiger partial charge in [-0.1, -0.05) is 24.3 Å². The zero-order chi connectivity index (χ0) is 17.9. The van der Waals surface area contributed by atoms with Crippen LogP contribution in [0.15, 0.2) is 72.2 Å². The number of methoxy groups -OCH3 is 1. The van der Waals surface area contributed by atoms with Crippen LogP contribution in [0.5, 0.6) is 5.88 Å². The summed E-state index contributed by atoms with van der Waals surface area (Å²) in [5.74, 6) is 0.579. The third-order valence-electron chi connectivity index (χ3n) is 4.21. The Balaban J connectivity index is 1.62. The molecule has 1 aromatic carbocycles. The number of pyridine rings is 2. The molecule has 0 amide bonds. The average molecular weight is 344 g/mol. The predicted molar refractivity (Wildman–Crippen MR) is 99.1 cm³/mol. The van der Waals surface area contributed by atoms with Gasteiger partial charge in [-0.15, -0.1) is 0 Å². The zero-order valence-corrected chi connectivity index (χ0v) is 14.2. The summed E-state index contributed by atoms with van der Waals surface area (Å²) < 4.78 is 6.77. The molecule has 0 saturated heterocycles. The number of nitrogens with zero attached hydrogens (tertiary/aromatic N) is 4. The summed E-state index contributed by atoms with van der Waals surface area (Å²) in [6.07, 6.45) is 6.48. The fraction of sp³-hybridized carbons (Fsp3) is 0.100. The van der Waals surface area contributed by atoms with Crippen molar-refractivity contribution in [1.82, 2.24) is 19.5 Å². The van der Waals surface area contributed by atoms with Gasteiger partial charge in [-0.25, -0.2) is 9.97 Å². The van der Waals surface area contributed by atoms with Crippen LogP contribution < -0.4 is 10.3 Å². The van der Waals surface area contributed by atoms with Gasteiger partial charge in [-0.05, 0) is 28.8 Å². The lowest BCUT2D eigenvalue weighted by Crippen LogP contribution is -2.21. The summed E-state index contributed by atoms with van der Waals surface area (Å²) in [6.45, 7) is 0.462. The normalized spacial score (nSPS) is 10.8. The molecule has 0 aliphatic rings. The molecule has 128 valence electrons. The van der Waals surface area contributed by atoms with Crippen molar-refractivity contribution in [3.05, 3.63) is 83.3 Å². The molecule has 0 spiro atoms. The van der Waals surface area contributed by atoms with Crippen LogP contribution in [0.3, 0.4) is 0 Å². The minimum atomic E-state index is -0.0691. The van der Waals surface area contributed by atoms with Crippen LogP contribution in [-0.2, 0) is 6.54 Å². The summed E-state index contributed by atoms with van der Waals surface area (Å²) in [6, 6.07) is 13.6. The summed E-state index contributed by atoms with van der Waals surface area (Å²) >= 11 is 0. The largest absolute Gasteiger partial charge is 0.481 e. The van der Waals surface area contributed by atoms with E-state index in [1.54, 1.807) is 42.7 Å². The number of ether oxygens (including phenoxy) is 1. The third kappa shape index (κ3) is 3.04. The Labute approximate surface area is 149 Å². The molecular formula is C20H16N4O2. The van der Waals surface area contributed by atoms with E-state index in [9.17, 15) is 4.79 Å². The SMILES string of the molecule is COc1cc(-c2ccc(Cn3cnc4cnccc4c3=O)cc2)ccn1. The smallest absolute Gasteiger partial charge is 0.261 e. The predicted octanol–water partition coefficient (Wildman–Crippen LogP) is 2.91. The van der Waals surface area contributed by atoms with E-state index >= 15 is 0 Å². The van der Waals surface area contributed by atoms with Crippen LogP contribution in [0.2, 0.25) is 0 Å². The second-order valence-electron chi connectivity index (χ2n) is 5.85. The van der Waals surface area contributed by atoms with Crippen molar-refractivity contribution >= 4 is 10.9 Å². The molecule has 3 aromatic heterocycles. The number of benzene rings is 1. The molecule has 0 bridgehead atoms. The number of hydrogen-bond acceptors (Lipinski definition) is 5. The van der Waals surface area contributed by atoms with E-state index in [2.05, 4.69) is 15.0 Å². The molecule has 0 aliphatic carbocycles. The molecule has 6 heteroatoms. The summed E-state index contributed by atoms with van der Waals surface area (Å²) in [4.78, 5) is 25.0. The third-order valence-corrected chi connectivity index (χ3v) is 4.21. The molecule has 0 radical (unpaired) electrons. The maximum Gasteiger partial charge on any atom is 0.261 e. The van der Waals surface area contributed by atoms with E-state index in [0.717, 1.165) is 16.7 Å². The number of aromatic nitrogens is 4. The van der Waals surface area contributed by atoms with E-state index in [-0.39, 0.29) is 5.56 Å². The Bertz CT molecular complexity index is 1120. The van der Waals surface area contributed by atoms with Gasteiger partial charge in [0, 0.05) is 18.5 Å². The molecule has 0 atom stereocenters. The minimum absolute atomic E-state index is 0.0691. The van der Waals surface area contributed by atoms with Gasteiger partial charge in [0.2, 0.25) is 5.88 Å². The van der Waals surface area contributed by atoms with Crippen LogP contribution in [-0.4, -0.2) is 26.6 Å². The van der Waals surface area contributed by atoms with Crippen molar-refractivity contribution in [2.24, 2.45) is 0 Å². The highest BCUT2D eigenvalue weighted by Gasteiger charge is 2.05. The topological polar surface area (TPSA) is 69.9 Å². The lowest BCUT2D eigenvalue weighted by Gasteiger charge is -2.08. The van der Waals surface area contributed by atoms with Crippen molar-refractivity contribution in [2.45, 2.75) is 6.54 Å². The van der Waals surface area contributed by atoms with E-state index < -0.39 is 0 Å². The Kier molecular flexibility index (Phi) is 4.15. The highest BCUT2D eigenvalue weighted by Crippen LogP contribution is 2.22. The van der Waals surface area contributed by atoms with E-state index in [0.29, 0.717) is 23.3 Å². The molecule has 0 saturated carbocycles. The van der Waals surface area contributed by atoms with Crippen molar-refractivity contribution in [2.75, 3.05) is 7.11 Å². The molecular weight excluding hydrogens is 328 g/mol. The van der Waals surface area contributed by atoms with Crippen molar-refractivity contribution in [3.63, 3.8) is 0 Å². The fourth-order valence-electron chi connectivity index (χ4n) is 2.82. The first kappa shape index (κ1) is 16.0. The van der Waals surface area contributed by atoms with Gasteiger partial charge in [-0.2, -0.15) is 0 Å². The fourth-order valence-corrected chi connectivity index (χ4v) is 2.82. The molecule has 0 unspecified atom stereocenters. The zero-order valence-electron chi connectivity index (χ0n) is 14.2. The summed E-state index contributed by atoms with van der Waals surface area (Å²) in [7, 11) is 1.60. The Morgan fingerprint density at radius 2 is 1.85 bits per heavy atom. The second kappa shape index (κ2) is 6.76. The van der Waals surface area contributed by atoms with Crippen LogP contribution in [0, 0.1) is 0 Å². The van der Waals surface area contributed by atoms with Gasteiger partial charge in [0.1, 0.15) is 0 Å². The molecule has 4 rings (SSSR count). The quantitative estimate of drug-likeness (QED) is 0.569. The van der Waals surface area contributed by atoms with Crippen LogP contribution in [0.1, 0.15) is 5.56 Å².